The van der Waals surface area contributed by atoms with Crippen molar-refractivity contribution in [1.29, 1.82) is 0 Å². The van der Waals surface area contributed by atoms with E-state index in [1.54, 1.807) is 24.1 Å². The first-order valence-corrected chi connectivity index (χ1v) is 6.88. The van der Waals surface area contributed by atoms with Crippen LogP contribution < -0.4 is 10.2 Å². The van der Waals surface area contributed by atoms with Crippen molar-refractivity contribution in [2.75, 3.05) is 25.0 Å². The molecule has 1 aliphatic heterocycles. The number of nitrogens with one attached hydrogen (secondary N) is 1. The highest BCUT2D eigenvalue weighted by Crippen LogP contribution is 2.19. The van der Waals surface area contributed by atoms with Gasteiger partial charge in [0.05, 0.1) is 5.56 Å². The Kier molecular flexibility index (Phi) is 4.74. The molecule has 108 valence electrons. The topological polar surface area (TPSA) is 69.6 Å². The average molecular weight is 276 g/mol. The highest BCUT2D eigenvalue weighted by Gasteiger charge is 2.19. The van der Waals surface area contributed by atoms with Crippen molar-refractivity contribution < 1.29 is 14.7 Å². The van der Waals surface area contributed by atoms with E-state index < -0.39 is 5.97 Å². The molecule has 2 N–H and O–H groups in total. The van der Waals surface area contributed by atoms with Gasteiger partial charge in [-0.05, 0) is 56.1 Å². The van der Waals surface area contributed by atoms with Crippen molar-refractivity contribution in [1.82, 2.24) is 5.32 Å². The number of carboxylic acid groups (broad SMARTS) is 1. The maximum atomic E-state index is 12.2. The summed E-state index contributed by atoms with van der Waals surface area (Å²) >= 11 is 0. The Bertz CT molecular complexity index is 478. The van der Waals surface area contributed by atoms with Gasteiger partial charge >= 0.3 is 5.97 Å². The van der Waals surface area contributed by atoms with Gasteiger partial charge in [-0.1, -0.05) is 0 Å². The quantitative estimate of drug-likeness (QED) is 0.879. The van der Waals surface area contributed by atoms with E-state index in [1.165, 1.54) is 12.1 Å². The normalized spacial score (nSPS) is 18.6. The first-order chi connectivity index (χ1) is 9.58. The molecule has 1 aliphatic rings. The van der Waals surface area contributed by atoms with E-state index in [0.717, 1.165) is 31.6 Å². The van der Waals surface area contributed by atoms with Crippen LogP contribution in [0.4, 0.5) is 5.69 Å². The predicted molar refractivity (Wildman–Crippen MR) is 77.0 cm³/mol. The van der Waals surface area contributed by atoms with Crippen molar-refractivity contribution >= 4 is 17.6 Å². The lowest BCUT2D eigenvalue weighted by Crippen LogP contribution is -2.35. The second-order valence-electron chi connectivity index (χ2n) is 5.22. The molecule has 0 aliphatic carbocycles. The number of carboxylic acids is 1. The van der Waals surface area contributed by atoms with E-state index in [-0.39, 0.29) is 11.5 Å². The van der Waals surface area contributed by atoms with Crippen LogP contribution in [0.1, 0.15) is 29.6 Å². The van der Waals surface area contributed by atoms with Gasteiger partial charge in [0.15, 0.2) is 0 Å². The molecule has 2 rings (SSSR count). The van der Waals surface area contributed by atoms with Crippen molar-refractivity contribution in [3.05, 3.63) is 29.8 Å². The summed E-state index contributed by atoms with van der Waals surface area (Å²) in [7, 11) is 1.73. The molecule has 5 nitrogen and oxygen atoms in total. The standard InChI is InChI=1S/C15H20N2O3/c1-17(13-6-4-12(5-7-13)15(19)20)14(18)9-11-3-2-8-16-10-11/h4-7,11,16H,2-3,8-10H2,1H3,(H,19,20). The Hall–Kier alpha value is -1.88. The summed E-state index contributed by atoms with van der Waals surface area (Å²) in [4.78, 5) is 24.6. The molecular formula is C15H20N2O3. The maximum absolute atomic E-state index is 12.2. The second-order valence-corrected chi connectivity index (χ2v) is 5.22. The van der Waals surface area contributed by atoms with Crippen LogP contribution >= 0.6 is 0 Å². The summed E-state index contributed by atoms with van der Waals surface area (Å²) in [6.07, 6.45) is 2.74. The zero-order valence-electron chi connectivity index (χ0n) is 11.6. The van der Waals surface area contributed by atoms with Crippen LogP contribution in [0.5, 0.6) is 0 Å². The van der Waals surface area contributed by atoms with Gasteiger partial charge in [-0.2, -0.15) is 0 Å². The van der Waals surface area contributed by atoms with Crippen LogP contribution in [0.3, 0.4) is 0 Å². The summed E-state index contributed by atoms with van der Waals surface area (Å²) in [5.74, 6) is -0.488. The Morgan fingerprint density at radius 1 is 1.35 bits per heavy atom. The zero-order chi connectivity index (χ0) is 14.5. The second kappa shape index (κ2) is 6.52. The molecule has 1 atom stereocenters. The van der Waals surface area contributed by atoms with Crippen LogP contribution in [0.2, 0.25) is 0 Å². The van der Waals surface area contributed by atoms with Crippen LogP contribution in [0, 0.1) is 5.92 Å². The lowest BCUT2D eigenvalue weighted by Gasteiger charge is -2.25. The third-order valence-corrected chi connectivity index (χ3v) is 3.74. The Morgan fingerprint density at radius 2 is 2.05 bits per heavy atom. The summed E-state index contributed by atoms with van der Waals surface area (Å²) in [6, 6.07) is 6.37. The minimum absolute atomic E-state index is 0.0711. The summed E-state index contributed by atoms with van der Waals surface area (Å²) in [5.41, 5.74) is 0.954. The Labute approximate surface area is 118 Å². The van der Waals surface area contributed by atoms with E-state index in [1.807, 2.05) is 0 Å². The molecule has 1 aromatic carbocycles. The monoisotopic (exact) mass is 276 g/mol. The van der Waals surface area contributed by atoms with Crippen molar-refractivity contribution in [2.24, 2.45) is 5.92 Å². The van der Waals surface area contributed by atoms with Crippen LogP contribution in [-0.2, 0) is 4.79 Å². The number of piperidine rings is 1. The Morgan fingerprint density at radius 3 is 2.60 bits per heavy atom. The van der Waals surface area contributed by atoms with Crippen LogP contribution in [0.25, 0.3) is 0 Å². The third-order valence-electron chi connectivity index (χ3n) is 3.74. The summed E-state index contributed by atoms with van der Waals surface area (Å²) in [5, 5.41) is 12.2. The van der Waals surface area contributed by atoms with Crippen molar-refractivity contribution in [3.8, 4) is 0 Å². The molecule has 0 radical (unpaired) electrons. The van der Waals surface area contributed by atoms with Gasteiger partial charge in [0, 0.05) is 19.2 Å². The van der Waals surface area contributed by atoms with Crippen LogP contribution in [0.15, 0.2) is 24.3 Å². The van der Waals surface area contributed by atoms with Crippen molar-refractivity contribution in [3.63, 3.8) is 0 Å². The minimum atomic E-state index is -0.959. The molecule has 20 heavy (non-hydrogen) atoms. The van der Waals surface area contributed by atoms with Crippen LogP contribution in [-0.4, -0.2) is 37.1 Å². The molecule has 1 saturated heterocycles. The van der Waals surface area contributed by atoms with Gasteiger partial charge in [-0.3, -0.25) is 4.79 Å². The molecule has 0 saturated carbocycles. The number of hydrogen-bond acceptors (Lipinski definition) is 3. The van der Waals surface area contributed by atoms with E-state index >= 15 is 0 Å². The first kappa shape index (κ1) is 14.5. The lowest BCUT2D eigenvalue weighted by atomic mass is 9.95. The summed E-state index contributed by atoms with van der Waals surface area (Å²) < 4.78 is 0. The number of rotatable bonds is 4. The average Bonchev–Trinajstić information content (AvgIpc) is 2.47. The van der Waals surface area contributed by atoms with E-state index in [0.29, 0.717) is 12.3 Å². The van der Waals surface area contributed by atoms with Gasteiger partial charge in [0.25, 0.3) is 0 Å². The van der Waals surface area contributed by atoms with Gasteiger partial charge in [0.1, 0.15) is 0 Å². The number of amides is 1. The van der Waals surface area contributed by atoms with Gasteiger partial charge in [-0.25, -0.2) is 4.79 Å². The fraction of sp³-hybridized carbons (Fsp3) is 0.467. The smallest absolute Gasteiger partial charge is 0.335 e. The number of anilines is 1. The molecular weight excluding hydrogens is 256 g/mol. The molecule has 0 bridgehead atoms. The first-order valence-electron chi connectivity index (χ1n) is 6.88. The number of benzene rings is 1. The number of aromatic carboxylic acids is 1. The molecule has 0 spiro atoms. The van der Waals surface area contributed by atoms with Gasteiger partial charge in [0.2, 0.25) is 5.91 Å². The fourth-order valence-corrected chi connectivity index (χ4v) is 2.45. The molecule has 1 unspecified atom stereocenters. The molecule has 1 aromatic rings. The highest BCUT2D eigenvalue weighted by atomic mass is 16.4. The van der Waals surface area contributed by atoms with E-state index in [2.05, 4.69) is 5.32 Å². The molecule has 1 heterocycles. The predicted octanol–water partition coefficient (Wildman–Crippen LogP) is 1.74. The van der Waals surface area contributed by atoms with E-state index in [9.17, 15) is 9.59 Å². The SMILES string of the molecule is CN(C(=O)CC1CCCNC1)c1ccc(C(=O)O)cc1. The number of nitrogens with zero attached hydrogens (tertiary/aromatic N) is 1. The molecule has 0 aromatic heterocycles. The zero-order valence-corrected chi connectivity index (χ0v) is 11.6. The fourth-order valence-electron chi connectivity index (χ4n) is 2.45. The largest absolute Gasteiger partial charge is 0.478 e. The summed E-state index contributed by atoms with van der Waals surface area (Å²) in [6.45, 7) is 1.94. The maximum Gasteiger partial charge on any atom is 0.335 e. The molecule has 1 amide bonds. The molecule has 5 heteroatoms. The lowest BCUT2D eigenvalue weighted by molar-refractivity contribution is -0.119. The third kappa shape index (κ3) is 3.57. The minimum Gasteiger partial charge on any atom is -0.478 e. The molecule has 1 fully saturated rings. The van der Waals surface area contributed by atoms with Crippen molar-refractivity contribution in [2.45, 2.75) is 19.3 Å². The highest BCUT2D eigenvalue weighted by molar-refractivity contribution is 5.94. The Balaban J connectivity index is 1.96. The number of hydrogen-bond donors (Lipinski definition) is 2. The van der Waals surface area contributed by atoms with E-state index in [4.69, 9.17) is 5.11 Å². The van der Waals surface area contributed by atoms with Gasteiger partial charge in [-0.15, -0.1) is 0 Å². The van der Waals surface area contributed by atoms with Gasteiger partial charge < -0.3 is 15.3 Å². The number of carbonyl (C=O) groups is 2. The number of carbonyl (C=O) groups excluding carboxylic acids is 1.